The minimum absolute atomic E-state index is 0.189. The molecule has 1 N–H and O–H groups in total. The van der Waals surface area contributed by atoms with Crippen molar-refractivity contribution in [3.05, 3.63) is 0 Å². The highest BCUT2D eigenvalue weighted by atomic mass is 16.6. The van der Waals surface area contributed by atoms with Crippen LogP contribution in [0.1, 0.15) is 52.9 Å². The van der Waals surface area contributed by atoms with Crippen LogP contribution in [-0.4, -0.2) is 89.3 Å². The molecule has 3 rings (SSSR count). The standard InChI is InChI=1S/C21H37N3O4/c1-21(2,3)28-20(27)24-8-4-16(5-9-24)14-22-10-11-23-7-6-17(13-19(25)26)12-18(23)15-22/h16-18H,4-15H2,1-3H3,(H,25,26). The van der Waals surface area contributed by atoms with Crippen LogP contribution in [0.2, 0.25) is 0 Å². The number of amides is 1. The van der Waals surface area contributed by atoms with E-state index in [-0.39, 0.29) is 6.09 Å². The summed E-state index contributed by atoms with van der Waals surface area (Å²) in [6.07, 6.45) is 4.22. The highest BCUT2D eigenvalue weighted by molar-refractivity contribution is 5.68. The van der Waals surface area contributed by atoms with Crippen LogP contribution >= 0.6 is 0 Å². The van der Waals surface area contributed by atoms with E-state index in [9.17, 15) is 9.59 Å². The van der Waals surface area contributed by atoms with Crippen molar-refractivity contribution in [2.45, 2.75) is 64.5 Å². The fourth-order valence-electron chi connectivity index (χ4n) is 4.91. The molecule has 0 aromatic heterocycles. The van der Waals surface area contributed by atoms with Gasteiger partial charge in [0.05, 0.1) is 0 Å². The Bertz CT molecular complexity index is 554. The second-order valence-corrected chi connectivity index (χ2v) is 9.85. The maximum Gasteiger partial charge on any atom is 0.410 e. The van der Waals surface area contributed by atoms with Gasteiger partial charge in [0.2, 0.25) is 0 Å². The lowest BCUT2D eigenvalue weighted by Crippen LogP contribution is -2.57. The van der Waals surface area contributed by atoms with Crippen LogP contribution in [0.25, 0.3) is 0 Å². The summed E-state index contributed by atoms with van der Waals surface area (Å²) in [5.41, 5.74) is -0.438. The van der Waals surface area contributed by atoms with Crippen LogP contribution in [0.4, 0.5) is 4.79 Å². The first-order valence-electron chi connectivity index (χ1n) is 10.9. The Morgan fingerprint density at radius 3 is 2.32 bits per heavy atom. The predicted molar refractivity (Wildman–Crippen MR) is 107 cm³/mol. The summed E-state index contributed by atoms with van der Waals surface area (Å²) in [4.78, 5) is 30.2. The van der Waals surface area contributed by atoms with Gasteiger partial charge in [-0.05, 0) is 64.8 Å². The third kappa shape index (κ3) is 6.08. The first-order chi connectivity index (χ1) is 13.2. The van der Waals surface area contributed by atoms with Crippen molar-refractivity contribution in [2.75, 3.05) is 45.8 Å². The van der Waals surface area contributed by atoms with Crippen LogP contribution in [0.3, 0.4) is 0 Å². The number of fused-ring (bicyclic) bond motifs is 1. The van der Waals surface area contributed by atoms with Gasteiger partial charge in [-0.25, -0.2) is 4.79 Å². The molecule has 2 unspecified atom stereocenters. The zero-order chi connectivity index (χ0) is 20.3. The number of ether oxygens (including phenoxy) is 1. The van der Waals surface area contributed by atoms with Crippen LogP contribution in [-0.2, 0) is 9.53 Å². The first-order valence-corrected chi connectivity index (χ1v) is 10.9. The van der Waals surface area contributed by atoms with Gasteiger partial charge in [0.15, 0.2) is 0 Å². The Kier molecular flexibility index (Phi) is 6.86. The number of carbonyl (C=O) groups is 2. The maximum atomic E-state index is 12.2. The lowest BCUT2D eigenvalue weighted by atomic mass is 9.86. The average molecular weight is 396 g/mol. The monoisotopic (exact) mass is 395 g/mol. The van der Waals surface area contributed by atoms with E-state index in [0.29, 0.717) is 24.3 Å². The quantitative estimate of drug-likeness (QED) is 0.788. The maximum absolute atomic E-state index is 12.2. The molecule has 1 amide bonds. The van der Waals surface area contributed by atoms with Gasteiger partial charge in [0.25, 0.3) is 0 Å². The van der Waals surface area contributed by atoms with Crippen LogP contribution in [0.15, 0.2) is 0 Å². The summed E-state index contributed by atoms with van der Waals surface area (Å²) in [6, 6.07) is 0.508. The van der Waals surface area contributed by atoms with Crippen molar-refractivity contribution in [3.63, 3.8) is 0 Å². The summed E-state index contributed by atoms with van der Waals surface area (Å²) in [5.74, 6) is 0.294. The first kappa shape index (κ1) is 21.4. The molecule has 3 aliphatic heterocycles. The molecule has 0 aliphatic carbocycles. The van der Waals surface area contributed by atoms with Gasteiger partial charge in [-0.15, -0.1) is 0 Å². The largest absolute Gasteiger partial charge is 0.481 e. The molecule has 3 aliphatic rings. The van der Waals surface area contributed by atoms with Crippen molar-refractivity contribution in [1.29, 1.82) is 0 Å². The molecule has 0 saturated carbocycles. The predicted octanol–water partition coefficient (Wildman–Crippen LogP) is 2.50. The third-order valence-corrected chi connectivity index (χ3v) is 6.36. The van der Waals surface area contributed by atoms with E-state index in [1.54, 1.807) is 0 Å². The lowest BCUT2D eigenvalue weighted by Gasteiger charge is -2.47. The molecule has 2 atom stereocenters. The van der Waals surface area contributed by atoms with Gasteiger partial charge in [-0.3, -0.25) is 9.69 Å². The van der Waals surface area contributed by atoms with Crippen molar-refractivity contribution in [1.82, 2.24) is 14.7 Å². The van der Waals surface area contributed by atoms with Gasteiger partial charge in [-0.2, -0.15) is 0 Å². The van der Waals surface area contributed by atoms with E-state index in [2.05, 4.69) is 9.80 Å². The Labute approximate surface area is 169 Å². The molecular weight excluding hydrogens is 358 g/mol. The van der Waals surface area contributed by atoms with E-state index in [1.165, 1.54) is 0 Å². The number of rotatable bonds is 4. The summed E-state index contributed by atoms with van der Waals surface area (Å²) >= 11 is 0. The molecule has 3 fully saturated rings. The normalized spacial score (nSPS) is 28.0. The van der Waals surface area contributed by atoms with Crippen molar-refractivity contribution >= 4 is 12.1 Å². The zero-order valence-electron chi connectivity index (χ0n) is 17.7. The molecule has 7 heteroatoms. The molecule has 0 spiro atoms. The van der Waals surface area contributed by atoms with E-state index in [4.69, 9.17) is 9.84 Å². The number of carboxylic acid groups (broad SMARTS) is 1. The van der Waals surface area contributed by atoms with Gasteiger partial charge in [-0.1, -0.05) is 0 Å². The molecule has 7 nitrogen and oxygen atoms in total. The van der Waals surface area contributed by atoms with Crippen LogP contribution in [0, 0.1) is 11.8 Å². The molecule has 3 saturated heterocycles. The fraction of sp³-hybridized carbons (Fsp3) is 0.905. The molecule has 160 valence electrons. The number of nitrogens with zero attached hydrogens (tertiary/aromatic N) is 3. The van der Waals surface area contributed by atoms with Gasteiger partial charge >= 0.3 is 12.1 Å². The van der Waals surface area contributed by atoms with Gasteiger partial charge in [0, 0.05) is 51.7 Å². The second-order valence-electron chi connectivity index (χ2n) is 9.85. The number of aliphatic carboxylic acids is 1. The number of carbonyl (C=O) groups excluding carboxylic acids is 1. The minimum atomic E-state index is -0.664. The van der Waals surface area contributed by atoms with Crippen LogP contribution in [0.5, 0.6) is 0 Å². The van der Waals surface area contributed by atoms with Gasteiger partial charge in [0.1, 0.15) is 5.60 Å². The topological polar surface area (TPSA) is 73.3 Å². The van der Waals surface area contributed by atoms with Crippen molar-refractivity contribution in [3.8, 4) is 0 Å². The molecular formula is C21H37N3O4. The number of carboxylic acids is 1. The number of hydrogen-bond acceptors (Lipinski definition) is 5. The smallest absolute Gasteiger partial charge is 0.410 e. The SMILES string of the molecule is CC(C)(C)OC(=O)N1CCC(CN2CCN3CCC(CC(=O)O)CC3C2)CC1. The summed E-state index contributed by atoms with van der Waals surface area (Å²) in [7, 11) is 0. The average Bonchev–Trinajstić information content (AvgIpc) is 2.60. The highest BCUT2D eigenvalue weighted by Gasteiger charge is 2.35. The fourth-order valence-corrected chi connectivity index (χ4v) is 4.91. The zero-order valence-corrected chi connectivity index (χ0v) is 17.7. The van der Waals surface area contributed by atoms with Crippen molar-refractivity contribution < 1.29 is 19.4 Å². The number of piperidine rings is 2. The summed E-state index contributed by atoms with van der Waals surface area (Å²) in [5, 5.41) is 9.09. The number of hydrogen-bond donors (Lipinski definition) is 1. The second kappa shape index (κ2) is 8.99. The van der Waals surface area contributed by atoms with Crippen molar-refractivity contribution in [2.24, 2.45) is 11.8 Å². The molecule has 0 aromatic rings. The molecule has 0 radical (unpaired) electrons. The van der Waals surface area contributed by atoms with Crippen LogP contribution < -0.4 is 0 Å². The molecule has 3 heterocycles. The number of piperazine rings is 1. The Balaban J connectivity index is 1.42. The minimum Gasteiger partial charge on any atom is -0.481 e. The summed E-state index contributed by atoms with van der Waals surface area (Å²) < 4.78 is 5.49. The Morgan fingerprint density at radius 2 is 1.68 bits per heavy atom. The Morgan fingerprint density at radius 1 is 1.00 bits per heavy atom. The molecule has 0 aromatic carbocycles. The van der Waals surface area contributed by atoms with E-state index >= 15 is 0 Å². The lowest BCUT2D eigenvalue weighted by molar-refractivity contribution is -0.138. The van der Waals surface area contributed by atoms with E-state index in [1.807, 2.05) is 25.7 Å². The molecule has 28 heavy (non-hydrogen) atoms. The number of likely N-dealkylation sites (tertiary alicyclic amines) is 1. The Hall–Kier alpha value is -1.34. The molecule has 0 bridgehead atoms. The summed E-state index contributed by atoms with van der Waals surface area (Å²) in [6.45, 7) is 12.7. The van der Waals surface area contributed by atoms with E-state index in [0.717, 1.165) is 71.5 Å². The third-order valence-electron chi connectivity index (χ3n) is 6.36. The van der Waals surface area contributed by atoms with E-state index < -0.39 is 11.6 Å². The highest BCUT2D eigenvalue weighted by Crippen LogP contribution is 2.29. The van der Waals surface area contributed by atoms with Gasteiger partial charge < -0.3 is 19.6 Å².